The van der Waals surface area contributed by atoms with E-state index < -0.39 is 5.97 Å². The molecule has 0 saturated heterocycles. The van der Waals surface area contributed by atoms with Crippen LogP contribution < -0.4 is 5.32 Å². The average molecular weight is 245 g/mol. The number of carboxylic acids is 1. The Kier molecular flexibility index (Phi) is 2.97. The van der Waals surface area contributed by atoms with Crippen LogP contribution >= 0.6 is 0 Å². The van der Waals surface area contributed by atoms with Crippen molar-refractivity contribution < 1.29 is 19.5 Å². The highest BCUT2D eigenvalue weighted by molar-refractivity contribution is 6.15. The fourth-order valence-corrected chi connectivity index (χ4v) is 1.97. The fourth-order valence-electron chi connectivity index (χ4n) is 1.97. The van der Waals surface area contributed by atoms with E-state index in [0.29, 0.717) is 11.3 Å². The topological polar surface area (TPSA) is 83.5 Å². The van der Waals surface area contributed by atoms with Gasteiger partial charge in [0.1, 0.15) is 0 Å². The fraction of sp³-hybridized carbons (Fsp3) is 0.154. The van der Waals surface area contributed by atoms with E-state index in [-0.39, 0.29) is 23.7 Å². The molecule has 92 valence electrons. The molecule has 0 heterocycles. The Morgan fingerprint density at radius 1 is 1.39 bits per heavy atom. The van der Waals surface area contributed by atoms with Gasteiger partial charge in [-0.15, -0.1) is 0 Å². The van der Waals surface area contributed by atoms with E-state index in [2.05, 4.69) is 5.32 Å². The van der Waals surface area contributed by atoms with Crippen LogP contribution in [0.25, 0.3) is 0 Å². The summed E-state index contributed by atoms with van der Waals surface area (Å²) in [6.07, 6.45) is 1.22. The van der Waals surface area contributed by atoms with Crippen LogP contribution in [0.1, 0.15) is 22.8 Å². The van der Waals surface area contributed by atoms with Crippen molar-refractivity contribution in [3.05, 3.63) is 41.0 Å². The van der Waals surface area contributed by atoms with Gasteiger partial charge in [0, 0.05) is 36.2 Å². The van der Waals surface area contributed by atoms with Crippen LogP contribution in [0.5, 0.6) is 0 Å². The molecule has 1 aromatic carbocycles. The number of benzene rings is 1. The molecule has 18 heavy (non-hydrogen) atoms. The normalized spacial score (nSPS) is 15.6. The third-order valence-electron chi connectivity index (χ3n) is 2.64. The summed E-state index contributed by atoms with van der Waals surface area (Å²) >= 11 is 0. The molecule has 0 radical (unpaired) electrons. The second-order valence-corrected chi connectivity index (χ2v) is 4.07. The van der Waals surface area contributed by atoms with E-state index in [1.807, 2.05) is 0 Å². The van der Waals surface area contributed by atoms with E-state index in [1.54, 1.807) is 18.2 Å². The van der Waals surface area contributed by atoms with Crippen molar-refractivity contribution >= 4 is 23.3 Å². The molecule has 1 amide bonds. The van der Waals surface area contributed by atoms with E-state index in [1.165, 1.54) is 6.92 Å². The highest BCUT2D eigenvalue weighted by atomic mass is 16.4. The first-order chi connectivity index (χ1) is 8.47. The van der Waals surface area contributed by atoms with Gasteiger partial charge in [-0.05, 0) is 23.8 Å². The van der Waals surface area contributed by atoms with Gasteiger partial charge >= 0.3 is 5.97 Å². The number of hydrogen-bond acceptors (Lipinski definition) is 3. The van der Waals surface area contributed by atoms with Crippen molar-refractivity contribution in [2.75, 3.05) is 5.32 Å². The van der Waals surface area contributed by atoms with Crippen molar-refractivity contribution in [3.8, 4) is 0 Å². The molecule has 0 aromatic heterocycles. The van der Waals surface area contributed by atoms with E-state index in [0.717, 1.165) is 11.6 Å². The number of anilines is 1. The second-order valence-electron chi connectivity index (χ2n) is 4.07. The lowest BCUT2D eigenvalue weighted by Gasteiger charge is -2.03. The summed E-state index contributed by atoms with van der Waals surface area (Å²) in [6.45, 7) is 1.40. The van der Waals surface area contributed by atoms with E-state index in [4.69, 9.17) is 5.11 Å². The Hall–Kier alpha value is -2.43. The molecule has 0 atom stereocenters. The third-order valence-corrected chi connectivity index (χ3v) is 2.64. The molecule has 1 aliphatic carbocycles. The van der Waals surface area contributed by atoms with Crippen LogP contribution in [0.15, 0.2) is 29.8 Å². The number of nitrogens with one attached hydrogen (secondary N) is 1. The molecule has 1 aliphatic rings. The average Bonchev–Trinajstić information content (AvgIpc) is 2.54. The second kappa shape index (κ2) is 4.44. The molecule has 1 aromatic rings. The summed E-state index contributed by atoms with van der Waals surface area (Å²) in [7, 11) is 0. The number of aliphatic carboxylic acids is 1. The summed E-state index contributed by atoms with van der Waals surface area (Å²) in [4.78, 5) is 33.3. The van der Waals surface area contributed by atoms with Crippen LogP contribution in [0.3, 0.4) is 0 Å². The predicted molar refractivity (Wildman–Crippen MR) is 64.5 cm³/mol. The Bertz CT molecular complexity index is 587. The highest BCUT2D eigenvalue weighted by Crippen LogP contribution is 2.28. The van der Waals surface area contributed by atoms with Crippen LogP contribution in [-0.4, -0.2) is 22.8 Å². The van der Waals surface area contributed by atoms with Gasteiger partial charge in [-0.1, -0.05) is 0 Å². The van der Waals surface area contributed by atoms with Crippen molar-refractivity contribution in [1.29, 1.82) is 0 Å². The first kappa shape index (κ1) is 12.0. The van der Waals surface area contributed by atoms with Crippen LogP contribution in [-0.2, 0) is 16.0 Å². The number of carbonyl (C=O) groups excluding carboxylic acids is 2. The number of allylic oxidation sites excluding steroid dienone is 1. The summed E-state index contributed by atoms with van der Waals surface area (Å²) in [5.41, 5.74) is 2.10. The molecule has 5 nitrogen and oxygen atoms in total. The van der Waals surface area contributed by atoms with Crippen molar-refractivity contribution in [3.63, 3.8) is 0 Å². The Morgan fingerprint density at radius 3 is 2.72 bits per heavy atom. The molecule has 0 unspecified atom stereocenters. The van der Waals surface area contributed by atoms with Crippen LogP contribution in [0.4, 0.5) is 5.69 Å². The smallest absolute Gasteiger partial charge is 0.328 e. The maximum atomic E-state index is 11.8. The molecule has 0 fully saturated rings. The summed E-state index contributed by atoms with van der Waals surface area (Å²) < 4.78 is 0. The zero-order valence-corrected chi connectivity index (χ0v) is 9.69. The monoisotopic (exact) mass is 245 g/mol. The van der Waals surface area contributed by atoms with Gasteiger partial charge in [0.05, 0.1) is 0 Å². The van der Waals surface area contributed by atoms with Gasteiger partial charge in [0.15, 0.2) is 5.78 Å². The van der Waals surface area contributed by atoms with Crippen molar-refractivity contribution in [2.45, 2.75) is 13.3 Å². The molecular weight excluding hydrogens is 234 g/mol. The quantitative estimate of drug-likeness (QED) is 0.771. The Morgan fingerprint density at radius 2 is 2.11 bits per heavy atom. The number of ketones is 1. The molecule has 5 heteroatoms. The summed E-state index contributed by atoms with van der Waals surface area (Å²) in [5.74, 6) is -1.59. The van der Waals surface area contributed by atoms with Gasteiger partial charge in [-0.2, -0.15) is 0 Å². The standard InChI is InChI=1S/C13H11NO4/c1-7(15)14-10-2-3-11-8(5-10)4-9(13(11)18)6-12(16)17/h2-3,5-6H,4H2,1H3,(H,14,15)(H,16,17). The molecular formula is C13H11NO4. The minimum Gasteiger partial charge on any atom is -0.478 e. The van der Waals surface area contributed by atoms with Gasteiger partial charge in [-0.3, -0.25) is 9.59 Å². The van der Waals surface area contributed by atoms with Gasteiger partial charge < -0.3 is 10.4 Å². The molecule has 0 saturated carbocycles. The van der Waals surface area contributed by atoms with Gasteiger partial charge in [0.2, 0.25) is 5.91 Å². The number of carboxylic acid groups (broad SMARTS) is 1. The Labute approximate surface area is 103 Å². The van der Waals surface area contributed by atoms with Gasteiger partial charge in [0.25, 0.3) is 0 Å². The first-order valence-corrected chi connectivity index (χ1v) is 5.36. The zero-order chi connectivity index (χ0) is 13.3. The zero-order valence-electron chi connectivity index (χ0n) is 9.69. The van der Waals surface area contributed by atoms with Crippen molar-refractivity contribution in [1.82, 2.24) is 0 Å². The minimum atomic E-state index is -1.13. The van der Waals surface area contributed by atoms with Crippen molar-refractivity contribution in [2.24, 2.45) is 0 Å². The van der Waals surface area contributed by atoms with E-state index >= 15 is 0 Å². The van der Waals surface area contributed by atoms with Gasteiger partial charge in [-0.25, -0.2) is 4.79 Å². The third kappa shape index (κ3) is 2.29. The van der Waals surface area contributed by atoms with Crippen LogP contribution in [0.2, 0.25) is 0 Å². The largest absolute Gasteiger partial charge is 0.478 e. The van der Waals surface area contributed by atoms with E-state index in [9.17, 15) is 14.4 Å². The number of Topliss-reactive ketones (excluding diaryl/α,β-unsaturated/α-hetero) is 1. The number of fused-ring (bicyclic) bond motifs is 1. The lowest BCUT2D eigenvalue weighted by molar-refractivity contribution is -0.131. The lowest BCUT2D eigenvalue weighted by atomic mass is 10.1. The molecule has 0 bridgehead atoms. The molecule has 2 N–H and O–H groups in total. The molecule has 2 rings (SSSR count). The SMILES string of the molecule is CC(=O)Nc1ccc2c(c1)CC(=CC(=O)O)C2=O. The number of carbonyl (C=O) groups is 3. The number of rotatable bonds is 2. The summed E-state index contributed by atoms with van der Waals surface area (Å²) in [5, 5.41) is 11.3. The lowest BCUT2D eigenvalue weighted by Crippen LogP contribution is -2.06. The molecule has 0 spiro atoms. The number of amides is 1. The molecule has 0 aliphatic heterocycles. The predicted octanol–water partition coefficient (Wildman–Crippen LogP) is 1.39. The minimum absolute atomic E-state index is 0.194. The Balaban J connectivity index is 2.34. The number of hydrogen-bond donors (Lipinski definition) is 2. The first-order valence-electron chi connectivity index (χ1n) is 5.36. The summed E-state index contributed by atoms with van der Waals surface area (Å²) in [6, 6.07) is 4.92. The maximum Gasteiger partial charge on any atom is 0.328 e. The highest BCUT2D eigenvalue weighted by Gasteiger charge is 2.25. The van der Waals surface area contributed by atoms with Crippen LogP contribution in [0, 0.1) is 0 Å². The maximum absolute atomic E-state index is 11.8.